The third-order valence-corrected chi connectivity index (χ3v) is 6.50. The van der Waals surface area contributed by atoms with Crippen LogP contribution in [0, 0.1) is 11.3 Å². The second-order valence-electron chi connectivity index (χ2n) is 8.51. The summed E-state index contributed by atoms with van der Waals surface area (Å²) in [6.45, 7) is 8.92. The maximum Gasteiger partial charge on any atom is 0.325 e. The van der Waals surface area contributed by atoms with Crippen molar-refractivity contribution in [3.63, 3.8) is 0 Å². The summed E-state index contributed by atoms with van der Waals surface area (Å²) in [5, 5.41) is 8.66. The number of hydrogen-bond donors (Lipinski definition) is 3. The lowest BCUT2D eigenvalue weighted by Crippen LogP contribution is -2.51. The number of carbonyl (C=O) groups excluding carboxylic acids is 3. The lowest BCUT2D eigenvalue weighted by Gasteiger charge is -2.42. The van der Waals surface area contributed by atoms with Crippen LogP contribution in [-0.2, 0) is 9.59 Å². The van der Waals surface area contributed by atoms with E-state index in [-0.39, 0.29) is 29.8 Å². The first kappa shape index (κ1) is 20.7. The van der Waals surface area contributed by atoms with Gasteiger partial charge in [0.1, 0.15) is 12.1 Å². The van der Waals surface area contributed by atoms with Crippen LogP contribution in [0.15, 0.2) is 0 Å². The minimum atomic E-state index is -0.810. The minimum absolute atomic E-state index is 0.130. The van der Waals surface area contributed by atoms with Gasteiger partial charge in [-0.2, -0.15) is 0 Å². The minimum Gasteiger partial charge on any atom is -0.353 e. The number of likely N-dealkylation sites (N-methyl/N-ethyl adjacent to an activating group) is 1. The van der Waals surface area contributed by atoms with Crippen molar-refractivity contribution < 1.29 is 14.4 Å². The molecule has 2 fully saturated rings. The van der Waals surface area contributed by atoms with Gasteiger partial charge in [-0.3, -0.25) is 14.5 Å². The van der Waals surface area contributed by atoms with E-state index in [1.807, 2.05) is 14.0 Å². The van der Waals surface area contributed by atoms with Crippen molar-refractivity contribution in [1.29, 1.82) is 0 Å². The van der Waals surface area contributed by atoms with Crippen molar-refractivity contribution in [2.45, 2.75) is 71.4 Å². The Morgan fingerprint density at radius 3 is 2.50 bits per heavy atom. The van der Waals surface area contributed by atoms with Gasteiger partial charge in [-0.1, -0.05) is 27.2 Å². The molecular formula is C19H34N4O3. The van der Waals surface area contributed by atoms with Gasteiger partial charge in [-0.25, -0.2) is 4.79 Å². The lowest BCUT2D eigenvalue weighted by atomic mass is 9.65. The van der Waals surface area contributed by atoms with Gasteiger partial charge in [0.15, 0.2) is 0 Å². The van der Waals surface area contributed by atoms with Gasteiger partial charge in [0.2, 0.25) is 5.91 Å². The average molecular weight is 367 g/mol. The summed E-state index contributed by atoms with van der Waals surface area (Å²) in [5.41, 5.74) is -0.563. The molecule has 1 spiro atoms. The number of hydrogen-bond acceptors (Lipinski definition) is 4. The number of carbonyl (C=O) groups is 3. The van der Waals surface area contributed by atoms with Gasteiger partial charge >= 0.3 is 6.03 Å². The van der Waals surface area contributed by atoms with Crippen LogP contribution in [-0.4, -0.2) is 54.5 Å². The van der Waals surface area contributed by atoms with Gasteiger partial charge in [-0.15, -0.1) is 0 Å². The zero-order valence-corrected chi connectivity index (χ0v) is 16.8. The highest BCUT2D eigenvalue weighted by Gasteiger charge is 2.53. The van der Waals surface area contributed by atoms with E-state index < -0.39 is 11.6 Å². The Labute approximate surface area is 156 Å². The third-order valence-electron chi connectivity index (χ3n) is 6.50. The van der Waals surface area contributed by atoms with Crippen molar-refractivity contribution in [2.24, 2.45) is 11.3 Å². The Morgan fingerprint density at radius 2 is 1.96 bits per heavy atom. The molecule has 26 heavy (non-hydrogen) atoms. The molecule has 0 aromatic carbocycles. The van der Waals surface area contributed by atoms with Crippen LogP contribution in [0.1, 0.15) is 59.8 Å². The number of nitrogens with zero attached hydrogens (tertiary/aromatic N) is 1. The molecule has 2 aliphatic rings. The summed E-state index contributed by atoms with van der Waals surface area (Å²) in [6.07, 6.45) is 4.25. The zero-order chi connectivity index (χ0) is 19.5. The first-order chi connectivity index (χ1) is 12.1. The summed E-state index contributed by atoms with van der Waals surface area (Å²) in [4.78, 5) is 38.4. The first-order valence-electron chi connectivity index (χ1n) is 9.73. The van der Waals surface area contributed by atoms with Crippen molar-refractivity contribution in [3.05, 3.63) is 0 Å². The van der Waals surface area contributed by atoms with Gasteiger partial charge < -0.3 is 16.0 Å². The molecular weight excluding hydrogens is 332 g/mol. The van der Waals surface area contributed by atoms with Crippen molar-refractivity contribution in [2.75, 3.05) is 20.1 Å². The Morgan fingerprint density at radius 1 is 1.35 bits per heavy atom. The summed E-state index contributed by atoms with van der Waals surface area (Å²) >= 11 is 0. The van der Waals surface area contributed by atoms with E-state index in [1.165, 1.54) is 0 Å². The fraction of sp³-hybridized carbons (Fsp3) is 0.842. The van der Waals surface area contributed by atoms with Crippen molar-refractivity contribution in [1.82, 2.24) is 20.9 Å². The smallest absolute Gasteiger partial charge is 0.325 e. The fourth-order valence-corrected chi connectivity index (χ4v) is 3.91. The van der Waals surface area contributed by atoms with Crippen LogP contribution in [0.25, 0.3) is 0 Å². The summed E-state index contributed by atoms with van der Waals surface area (Å²) in [5.74, 6) is 0.00345. The largest absolute Gasteiger partial charge is 0.353 e. The topological polar surface area (TPSA) is 90.5 Å². The highest BCUT2D eigenvalue weighted by atomic mass is 16.2. The highest BCUT2D eigenvalue weighted by Crippen LogP contribution is 2.45. The molecule has 148 valence electrons. The van der Waals surface area contributed by atoms with Gasteiger partial charge in [0.05, 0.1) is 0 Å². The Balaban J connectivity index is 1.95. The highest BCUT2D eigenvalue weighted by molar-refractivity contribution is 6.09. The van der Waals surface area contributed by atoms with Crippen molar-refractivity contribution in [3.8, 4) is 0 Å². The lowest BCUT2D eigenvalue weighted by molar-refractivity contribution is -0.136. The predicted octanol–water partition coefficient (Wildman–Crippen LogP) is 1.63. The Kier molecular flexibility index (Phi) is 6.32. The molecule has 0 bridgehead atoms. The summed E-state index contributed by atoms with van der Waals surface area (Å²) in [7, 11) is 1.81. The van der Waals surface area contributed by atoms with Gasteiger partial charge in [0.25, 0.3) is 5.91 Å². The fourth-order valence-electron chi connectivity index (χ4n) is 3.91. The molecule has 1 atom stereocenters. The number of nitrogens with one attached hydrogen (secondary N) is 3. The van der Waals surface area contributed by atoms with Crippen LogP contribution >= 0.6 is 0 Å². The standard InChI is InChI=1S/C19H34N4O3/c1-6-18(3,4)14-7-9-19(10-8-14)16(25)23(17(26)22-19)12-15(24)21-11-13(2)20-5/h13-14,20H,6-12H2,1-5H3,(H,21,24)(H,22,26). The zero-order valence-electron chi connectivity index (χ0n) is 16.8. The Hall–Kier alpha value is -1.63. The molecule has 7 nitrogen and oxygen atoms in total. The van der Waals surface area contributed by atoms with E-state index in [9.17, 15) is 14.4 Å². The molecule has 1 unspecified atom stereocenters. The maximum atomic E-state index is 12.9. The van der Waals surface area contributed by atoms with Crippen molar-refractivity contribution >= 4 is 17.8 Å². The molecule has 0 aromatic rings. The predicted molar refractivity (Wildman–Crippen MR) is 101 cm³/mol. The van der Waals surface area contributed by atoms with Crippen LogP contribution in [0.4, 0.5) is 4.79 Å². The molecule has 7 heteroatoms. The molecule has 1 saturated heterocycles. The molecule has 0 radical (unpaired) electrons. The van der Waals surface area contributed by atoms with Crippen LogP contribution in [0.3, 0.4) is 0 Å². The number of urea groups is 1. The summed E-state index contributed by atoms with van der Waals surface area (Å²) < 4.78 is 0. The normalized spacial score (nSPS) is 27.6. The quantitative estimate of drug-likeness (QED) is 0.597. The second kappa shape index (κ2) is 7.94. The van der Waals surface area contributed by atoms with Gasteiger partial charge in [-0.05, 0) is 51.0 Å². The maximum absolute atomic E-state index is 12.9. The summed E-state index contributed by atoms with van der Waals surface area (Å²) in [6, 6.07) is -0.314. The molecule has 3 N–H and O–H groups in total. The van der Waals surface area contributed by atoms with Crippen LogP contribution in [0.5, 0.6) is 0 Å². The number of imide groups is 1. The molecule has 2 rings (SSSR count). The van der Waals surface area contributed by atoms with E-state index in [0.29, 0.717) is 25.3 Å². The molecule has 0 aromatic heterocycles. The number of rotatable bonds is 7. The molecule has 1 aliphatic carbocycles. The van der Waals surface area contributed by atoms with E-state index >= 15 is 0 Å². The van der Waals surface area contributed by atoms with E-state index in [0.717, 1.165) is 24.2 Å². The average Bonchev–Trinajstić information content (AvgIpc) is 2.84. The van der Waals surface area contributed by atoms with Gasteiger partial charge in [0, 0.05) is 12.6 Å². The third kappa shape index (κ3) is 4.19. The first-order valence-corrected chi connectivity index (χ1v) is 9.73. The van der Waals surface area contributed by atoms with Crippen LogP contribution < -0.4 is 16.0 Å². The molecule has 1 saturated carbocycles. The van der Waals surface area contributed by atoms with E-state index in [1.54, 1.807) is 0 Å². The van der Waals surface area contributed by atoms with E-state index in [2.05, 4.69) is 36.7 Å². The molecule has 1 heterocycles. The van der Waals surface area contributed by atoms with E-state index in [4.69, 9.17) is 0 Å². The molecule has 1 aliphatic heterocycles. The SMILES string of the molecule is CCC(C)(C)C1CCC2(CC1)NC(=O)N(CC(=O)NCC(C)NC)C2=O. The van der Waals surface area contributed by atoms with Crippen LogP contribution in [0.2, 0.25) is 0 Å². The monoisotopic (exact) mass is 366 g/mol. The second-order valence-corrected chi connectivity index (χ2v) is 8.51. The number of amides is 4. The molecule has 4 amide bonds. The Bertz CT molecular complexity index is 553.